The first-order chi connectivity index (χ1) is 9.26. The number of hydrogen-bond donors (Lipinski definition) is 0. The summed E-state index contributed by atoms with van der Waals surface area (Å²) in [5.41, 5.74) is 3.44. The van der Waals surface area contributed by atoms with Gasteiger partial charge >= 0.3 is 0 Å². The van der Waals surface area contributed by atoms with Crippen LogP contribution in [0.15, 0.2) is 54.0 Å². The Labute approximate surface area is 116 Å². The third-order valence-corrected chi connectivity index (χ3v) is 4.65. The number of thiophene rings is 1. The van der Waals surface area contributed by atoms with Gasteiger partial charge in [0.2, 0.25) is 0 Å². The molecule has 94 valence electrons. The molecule has 0 fully saturated rings. The second-order valence-corrected chi connectivity index (χ2v) is 5.60. The largest absolute Gasteiger partial charge is 0.288 e. The van der Waals surface area contributed by atoms with Gasteiger partial charge in [-0.3, -0.25) is 4.99 Å². The fraction of sp³-hybridized carbons (Fsp3) is 0.118. The van der Waals surface area contributed by atoms with E-state index in [1.54, 1.807) is 0 Å². The molecule has 1 heterocycles. The standard InChI is InChI=1S/C17H15NS/c1-4-14(18-3)16-11(2)9-10-13-12-7-5-6-8-15(12)19-17(13)16/h4-10H,1H2,2-3H3. The van der Waals surface area contributed by atoms with Gasteiger partial charge in [0.25, 0.3) is 0 Å². The van der Waals surface area contributed by atoms with Gasteiger partial charge in [0, 0.05) is 32.8 Å². The van der Waals surface area contributed by atoms with E-state index >= 15 is 0 Å². The van der Waals surface area contributed by atoms with Crippen LogP contribution in [0.3, 0.4) is 0 Å². The van der Waals surface area contributed by atoms with Crippen LogP contribution in [0.2, 0.25) is 0 Å². The molecule has 0 unspecified atom stereocenters. The maximum Gasteiger partial charge on any atom is 0.0654 e. The first-order valence-corrected chi connectivity index (χ1v) is 7.08. The lowest BCUT2D eigenvalue weighted by atomic mass is 10.0. The van der Waals surface area contributed by atoms with Gasteiger partial charge in [-0.15, -0.1) is 11.3 Å². The maximum absolute atomic E-state index is 4.36. The summed E-state index contributed by atoms with van der Waals surface area (Å²) >= 11 is 1.83. The van der Waals surface area contributed by atoms with Gasteiger partial charge in [0.05, 0.1) is 5.71 Å². The van der Waals surface area contributed by atoms with Crippen molar-refractivity contribution < 1.29 is 0 Å². The van der Waals surface area contributed by atoms with E-state index in [1.807, 2.05) is 24.5 Å². The quantitative estimate of drug-likeness (QED) is 0.580. The monoisotopic (exact) mass is 265 g/mol. The smallest absolute Gasteiger partial charge is 0.0654 e. The highest BCUT2D eigenvalue weighted by molar-refractivity contribution is 7.26. The Balaban J connectivity index is 2.50. The van der Waals surface area contributed by atoms with E-state index in [0.717, 1.165) is 5.71 Å². The van der Waals surface area contributed by atoms with E-state index < -0.39 is 0 Å². The molecule has 0 spiro atoms. The molecule has 2 heteroatoms. The maximum atomic E-state index is 4.36. The van der Waals surface area contributed by atoms with Crippen LogP contribution in [0.4, 0.5) is 0 Å². The SMILES string of the molecule is C=CC(=NC)c1c(C)ccc2c1sc1ccccc12. The summed E-state index contributed by atoms with van der Waals surface area (Å²) < 4.78 is 2.63. The van der Waals surface area contributed by atoms with E-state index in [1.165, 1.54) is 31.3 Å². The number of allylic oxidation sites excluding steroid dienone is 1. The fourth-order valence-corrected chi connectivity index (χ4v) is 3.82. The number of rotatable bonds is 2. The van der Waals surface area contributed by atoms with Gasteiger partial charge in [0.15, 0.2) is 0 Å². The predicted molar refractivity (Wildman–Crippen MR) is 86.7 cm³/mol. The molecular formula is C17H15NS. The predicted octanol–water partition coefficient (Wildman–Crippen LogP) is 4.97. The summed E-state index contributed by atoms with van der Waals surface area (Å²) in [5, 5.41) is 2.63. The minimum Gasteiger partial charge on any atom is -0.288 e. The Kier molecular flexibility index (Phi) is 2.96. The van der Waals surface area contributed by atoms with Gasteiger partial charge < -0.3 is 0 Å². The van der Waals surface area contributed by atoms with E-state index in [2.05, 4.69) is 54.9 Å². The highest BCUT2D eigenvalue weighted by atomic mass is 32.1. The summed E-state index contributed by atoms with van der Waals surface area (Å²) in [7, 11) is 1.82. The van der Waals surface area contributed by atoms with Crippen molar-refractivity contribution in [1.82, 2.24) is 0 Å². The number of aryl methyl sites for hydroxylation is 1. The molecule has 0 aliphatic rings. The lowest BCUT2D eigenvalue weighted by Crippen LogP contribution is -1.99. The van der Waals surface area contributed by atoms with Crippen LogP contribution in [0, 0.1) is 6.92 Å². The van der Waals surface area contributed by atoms with Crippen LogP contribution >= 0.6 is 11.3 Å². The van der Waals surface area contributed by atoms with Gasteiger partial charge in [-0.2, -0.15) is 0 Å². The molecule has 0 aliphatic heterocycles. The second kappa shape index (κ2) is 4.63. The molecule has 0 amide bonds. The van der Waals surface area contributed by atoms with Crippen LogP contribution in [0.25, 0.3) is 20.2 Å². The molecule has 3 aromatic rings. The van der Waals surface area contributed by atoms with Crippen LogP contribution < -0.4 is 0 Å². The Bertz CT molecular complexity index is 809. The summed E-state index contributed by atoms with van der Waals surface area (Å²) in [6.07, 6.45) is 1.84. The van der Waals surface area contributed by atoms with Crippen molar-refractivity contribution in [1.29, 1.82) is 0 Å². The van der Waals surface area contributed by atoms with Gasteiger partial charge in [0.1, 0.15) is 0 Å². The highest BCUT2D eigenvalue weighted by Crippen LogP contribution is 2.37. The molecule has 1 aromatic heterocycles. The lowest BCUT2D eigenvalue weighted by molar-refractivity contribution is 1.41. The van der Waals surface area contributed by atoms with E-state index in [4.69, 9.17) is 0 Å². The summed E-state index contributed by atoms with van der Waals surface area (Å²) in [6.45, 7) is 6.02. The Morgan fingerprint density at radius 3 is 2.68 bits per heavy atom. The number of benzene rings is 2. The molecule has 0 saturated carbocycles. The zero-order chi connectivity index (χ0) is 13.4. The van der Waals surface area contributed by atoms with Crippen molar-refractivity contribution in [2.45, 2.75) is 6.92 Å². The zero-order valence-corrected chi connectivity index (χ0v) is 11.9. The summed E-state index contributed by atoms with van der Waals surface area (Å²) in [5.74, 6) is 0. The number of hydrogen-bond acceptors (Lipinski definition) is 2. The first-order valence-electron chi connectivity index (χ1n) is 6.26. The van der Waals surface area contributed by atoms with Crippen molar-refractivity contribution in [2.75, 3.05) is 7.05 Å². The van der Waals surface area contributed by atoms with Gasteiger partial charge in [-0.05, 0) is 24.6 Å². The molecule has 0 aliphatic carbocycles. The molecular weight excluding hydrogens is 250 g/mol. The second-order valence-electron chi connectivity index (χ2n) is 4.55. The Morgan fingerprint density at radius 1 is 1.16 bits per heavy atom. The molecule has 2 aromatic carbocycles. The van der Waals surface area contributed by atoms with Crippen molar-refractivity contribution in [3.05, 3.63) is 60.2 Å². The average molecular weight is 265 g/mol. The van der Waals surface area contributed by atoms with Gasteiger partial charge in [-0.1, -0.05) is 36.9 Å². The highest BCUT2D eigenvalue weighted by Gasteiger charge is 2.13. The lowest BCUT2D eigenvalue weighted by Gasteiger charge is -2.07. The molecule has 0 N–H and O–H groups in total. The molecule has 0 bridgehead atoms. The summed E-state index contributed by atoms with van der Waals surface area (Å²) in [6, 6.07) is 12.9. The third-order valence-electron chi connectivity index (χ3n) is 3.45. The Morgan fingerprint density at radius 2 is 1.95 bits per heavy atom. The third kappa shape index (κ3) is 1.80. The molecule has 19 heavy (non-hydrogen) atoms. The molecule has 0 saturated heterocycles. The van der Waals surface area contributed by atoms with Crippen molar-refractivity contribution in [3.63, 3.8) is 0 Å². The van der Waals surface area contributed by atoms with Crippen LogP contribution in [-0.2, 0) is 0 Å². The zero-order valence-electron chi connectivity index (χ0n) is 11.1. The number of fused-ring (bicyclic) bond motifs is 3. The van der Waals surface area contributed by atoms with Crippen LogP contribution in [-0.4, -0.2) is 12.8 Å². The average Bonchev–Trinajstić information content (AvgIpc) is 2.81. The van der Waals surface area contributed by atoms with Crippen molar-refractivity contribution in [2.24, 2.45) is 4.99 Å². The molecule has 1 nitrogen and oxygen atoms in total. The van der Waals surface area contributed by atoms with Crippen LogP contribution in [0.5, 0.6) is 0 Å². The minimum absolute atomic E-state index is 0.967. The van der Waals surface area contributed by atoms with E-state index in [9.17, 15) is 0 Å². The molecule has 0 radical (unpaired) electrons. The topological polar surface area (TPSA) is 12.4 Å². The van der Waals surface area contributed by atoms with Crippen molar-refractivity contribution >= 4 is 37.2 Å². The first kappa shape index (κ1) is 12.1. The normalized spacial score (nSPS) is 12.2. The van der Waals surface area contributed by atoms with Gasteiger partial charge in [-0.25, -0.2) is 0 Å². The molecule has 3 rings (SSSR count). The Hall–Kier alpha value is -1.93. The van der Waals surface area contributed by atoms with E-state index in [-0.39, 0.29) is 0 Å². The fourth-order valence-electron chi connectivity index (χ4n) is 2.51. The van der Waals surface area contributed by atoms with Crippen molar-refractivity contribution in [3.8, 4) is 0 Å². The number of nitrogens with zero attached hydrogens (tertiary/aromatic N) is 1. The van der Waals surface area contributed by atoms with E-state index in [0.29, 0.717) is 0 Å². The number of aliphatic imine (C=N–C) groups is 1. The minimum atomic E-state index is 0.967. The summed E-state index contributed by atoms with van der Waals surface area (Å²) in [4.78, 5) is 4.36. The van der Waals surface area contributed by atoms with Crippen LogP contribution in [0.1, 0.15) is 11.1 Å². The molecule has 0 atom stereocenters.